The Labute approximate surface area is 98.0 Å². The molecule has 1 aromatic rings. The predicted octanol–water partition coefficient (Wildman–Crippen LogP) is 2.58. The van der Waals surface area contributed by atoms with Crippen molar-refractivity contribution in [1.29, 1.82) is 0 Å². The van der Waals surface area contributed by atoms with E-state index in [1.165, 1.54) is 5.56 Å². The van der Waals surface area contributed by atoms with Crippen molar-refractivity contribution < 1.29 is 4.74 Å². The summed E-state index contributed by atoms with van der Waals surface area (Å²) in [5, 5.41) is 0. The monoisotopic (exact) mass is 222 g/mol. The lowest BCUT2D eigenvalue weighted by Gasteiger charge is -2.09. The highest BCUT2D eigenvalue weighted by Gasteiger charge is 2.03. The highest BCUT2D eigenvalue weighted by molar-refractivity contribution is 5.43. The van der Waals surface area contributed by atoms with Crippen LogP contribution in [0.25, 0.3) is 0 Å². The normalized spacial score (nSPS) is 11.0. The van der Waals surface area contributed by atoms with Gasteiger partial charge in [-0.05, 0) is 42.9 Å². The molecule has 1 rings (SSSR count). The van der Waals surface area contributed by atoms with E-state index in [2.05, 4.69) is 25.8 Å². The number of nitrogens with two attached hydrogens (primary N) is 1. The van der Waals surface area contributed by atoms with Crippen molar-refractivity contribution >= 4 is 5.82 Å². The van der Waals surface area contributed by atoms with Crippen LogP contribution >= 0.6 is 0 Å². The molecule has 0 spiro atoms. The topological polar surface area (TPSA) is 48.1 Å². The number of hydrogen-bond donors (Lipinski definition) is 1. The van der Waals surface area contributed by atoms with Gasteiger partial charge in [-0.3, -0.25) is 0 Å². The smallest absolute Gasteiger partial charge is 0.126 e. The van der Waals surface area contributed by atoms with Crippen LogP contribution in [0.15, 0.2) is 12.3 Å². The molecule has 0 atom stereocenters. The quantitative estimate of drug-likeness (QED) is 0.752. The summed E-state index contributed by atoms with van der Waals surface area (Å²) in [5.74, 6) is 1.33. The molecule has 1 aromatic heterocycles. The summed E-state index contributed by atoms with van der Waals surface area (Å²) in [5.41, 5.74) is 8.13. The van der Waals surface area contributed by atoms with Crippen LogP contribution in [0.5, 0.6) is 0 Å². The van der Waals surface area contributed by atoms with Crippen LogP contribution in [0.1, 0.15) is 31.4 Å². The molecule has 16 heavy (non-hydrogen) atoms. The molecule has 3 nitrogen and oxygen atoms in total. The number of nitrogens with zero attached hydrogens (tertiary/aromatic N) is 1. The second-order valence-corrected chi connectivity index (χ2v) is 4.54. The molecule has 2 N–H and O–H groups in total. The molecular formula is C13H22N2O. The first-order valence-corrected chi connectivity index (χ1v) is 5.89. The summed E-state index contributed by atoms with van der Waals surface area (Å²) >= 11 is 0. The van der Waals surface area contributed by atoms with Gasteiger partial charge in [0, 0.05) is 12.8 Å². The number of ether oxygens (including phenoxy) is 1. The number of pyridine rings is 1. The Balaban J connectivity index is 2.32. The van der Waals surface area contributed by atoms with Crippen LogP contribution in [0.4, 0.5) is 5.82 Å². The third-order valence-corrected chi connectivity index (χ3v) is 2.66. The molecule has 3 heteroatoms. The SMILES string of the molecule is Cc1ccnc(N)c1CCOCCC(C)C. The van der Waals surface area contributed by atoms with E-state index in [1.807, 2.05) is 6.07 Å². The van der Waals surface area contributed by atoms with Crippen LogP contribution < -0.4 is 5.73 Å². The maximum absolute atomic E-state index is 5.82. The molecule has 0 aliphatic carbocycles. The van der Waals surface area contributed by atoms with Gasteiger partial charge in [-0.1, -0.05) is 13.8 Å². The first-order valence-electron chi connectivity index (χ1n) is 5.89. The molecule has 0 unspecified atom stereocenters. The summed E-state index contributed by atoms with van der Waals surface area (Å²) in [6, 6.07) is 1.99. The van der Waals surface area contributed by atoms with Crippen LogP contribution in [-0.2, 0) is 11.2 Å². The Morgan fingerprint density at radius 3 is 2.75 bits per heavy atom. The largest absolute Gasteiger partial charge is 0.383 e. The highest BCUT2D eigenvalue weighted by Crippen LogP contribution is 2.14. The number of rotatable bonds is 6. The molecule has 0 saturated heterocycles. The van der Waals surface area contributed by atoms with Crippen molar-refractivity contribution in [1.82, 2.24) is 4.98 Å². The molecule has 0 aliphatic rings. The minimum atomic E-state index is 0.632. The lowest BCUT2D eigenvalue weighted by molar-refractivity contribution is 0.126. The second kappa shape index (κ2) is 6.48. The highest BCUT2D eigenvalue weighted by atomic mass is 16.5. The fourth-order valence-corrected chi connectivity index (χ4v) is 1.53. The molecular weight excluding hydrogens is 200 g/mol. The summed E-state index contributed by atoms with van der Waals surface area (Å²) in [6.45, 7) is 8.01. The summed E-state index contributed by atoms with van der Waals surface area (Å²) in [7, 11) is 0. The van der Waals surface area contributed by atoms with Gasteiger partial charge in [0.1, 0.15) is 5.82 Å². The van der Waals surface area contributed by atoms with E-state index >= 15 is 0 Å². The number of hydrogen-bond acceptors (Lipinski definition) is 3. The van der Waals surface area contributed by atoms with Gasteiger partial charge in [0.2, 0.25) is 0 Å². The van der Waals surface area contributed by atoms with Crippen molar-refractivity contribution in [2.24, 2.45) is 5.92 Å². The van der Waals surface area contributed by atoms with Crippen LogP contribution in [-0.4, -0.2) is 18.2 Å². The van der Waals surface area contributed by atoms with E-state index in [9.17, 15) is 0 Å². The zero-order valence-electron chi connectivity index (χ0n) is 10.5. The zero-order chi connectivity index (χ0) is 12.0. The molecule has 0 aliphatic heterocycles. The van der Waals surface area contributed by atoms with Crippen LogP contribution in [0.3, 0.4) is 0 Å². The number of anilines is 1. The number of aromatic nitrogens is 1. The van der Waals surface area contributed by atoms with Crippen LogP contribution in [0, 0.1) is 12.8 Å². The minimum Gasteiger partial charge on any atom is -0.383 e. The van der Waals surface area contributed by atoms with Crippen molar-refractivity contribution in [2.45, 2.75) is 33.6 Å². The second-order valence-electron chi connectivity index (χ2n) is 4.54. The summed E-state index contributed by atoms with van der Waals surface area (Å²) in [6.07, 6.45) is 3.71. The van der Waals surface area contributed by atoms with Gasteiger partial charge >= 0.3 is 0 Å². The maximum atomic E-state index is 5.82. The fraction of sp³-hybridized carbons (Fsp3) is 0.615. The van der Waals surface area contributed by atoms with E-state index in [1.54, 1.807) is 6.20 Å². The fourth-order valence-electron chi connectivity index (χ4n) is 1.53. The molecule has 0 aromatic carbocycles. The molecule has 0 bridgehead atoms. The van der Waals surface area contributed by atoms with Gasteiger partial charge in [0.25, 0.3) is 0 Å². The predicted molar refractivity (Wildman–Crippen MR) is 67.4 cm³/mol. The standard InChI is InChI=1S/C13H22N2O/c1-10(2)5-8-16-9-6-12-11(3)4-7-15-13(12)14/h4,7,10H,5-6,8-9H2,1-3H3,(H2,14,15). The lowest BCUT2D eigenvalue weighted by Crippen LogP contribution is -2.06. The van der Waals surface area contributed by atoms with Crippen molar-refractivity contribution in [3.8, 4) is 0 Å². The molecule has 90 valence electrons. The van der Waals surface area contributed by atoms with E-state index in [4.69, 9.17) is 10.5 Å². The van der Waals surface area contributed by atoms with Crippen molar-refractivity contribution in [3.63, 3.8) is 0 Å². The average Bonchev–Trinajstić information content (AvgIpc) is 2.21. The van der Waals surface area contributed by atoms with E-state index in [0.29, 0.717) is 11.7 Å². The molecule has 1 heterocycles. The first kappa shape index (κ1) is 13.0. The Morgan fingerprint density at radius 2 is 2.12 bits per heavy atom. The average molecular weight is 222 g/mol. The number of nitrogen functional groups attached to an aromatic ring is 1. The lowest BCUT2D eigenvalue weighted by atomic mass is 10.1. The summed E-state index contributed by atoms with van der Waals surface area (Å²) in [4.78, 5) is 4.09. The molecule has 0 fully saturated rings. The maximum Gasteiger partial charge on any atom is 0.126 e. The van der Waals surface area contributed by atoms with Gasteiger partial charge in [-0.25, -0.2) is 4.98 Å². The van der Waals surface area contributed by atoms with Gasteiger partial charge in [0.05, 0.1) is 6.61 Å². The van der Waals surface area contributed by atoms with E-state index in [0.717, 1.165) is 31.6 Å². The Kier molecular flexibility index (Phi) is 5.26. The van der Waals surface area contributed by atoms with E-state index in [-0.39, 0.29) is 0 Å². The zero-order valence-corrected chi connectivity index (χ0v) is 10.5. The first-order chi connectivity index (χ1) is 7.61. The molecule has 0 amide bonds. The van der Waals surface area contributed by atoms with E-state index < -0.39 is 0 Å². The van der Waals surface area contributed by atoms with Crippen molar-refractivity contribution in [2.75, 3.05) is 18.9 Å². The van der Waals surface area contributed by atoms with Gasteiger partial charge < -0.3 is 10.5 Å². The molecule has 0 saturated carbocycles. The Morgan fingerprint density at radius 1 is 1.38 bits per heavy atom. The minimum absolute atomic E-state index is 0.632. The van der Waals surface area contributed by atoms with Gasteiger partial charge in [-0.15, -0.1) is 0 Å². The Hall–Kier alpha value is -1.09. The third-order valence-electron chi connectivity index (χ3n) is 2.66. The Bertz CT molecular complexity index is 303. The number of aryl methyl sites for hydroxylation is 1. The third kappa shape index (κ3) is 4.19. The van der Waals surface area contributed by atoms with Crippen LogP contribution in [0.2, 0.25) is 0 Å². The van der Waals surface area contributed by atoms with Gasteiger partial charge in [-0.2, -0.15) is 0 Å². The summed E-state index contributed by atoms with van der Waals surface area (Å²) < 4.78 is 5.58. The van der Waals surface area contributed by atoms with Crippen molar-refractivity contribution in [3.05, 3.63) is 23.4 Å². The molecule has 0 radical (unpaired) electrons. The van der Waals surface area contributed by atoms with Gasteiger partial charge in [0.15, 0.2) is 0 Å².